The lowest BCUT2D eigenvalue weighted by atomic mass is 10.2. The van der Waals surface area contributed by atoms with E-state index in [0.29, 0.717) is 0 Å². The highest BCUT2D eigenvalue weighted by Crippen LogP contribution is 1.90. The van der Waals surface area contributed by atoms with E-state index in [1.807, 2.05) is 6.08 Å². The van der Waals surface area contributed by atoms with Crippen LogP contribution in [-0.2, 0) is 0 Å². The lowest BCUT2D eigenvalue weighted by Crippen LogP contribution is -1.71. The van der Waals surface area contributed by atoms with Crippen molar-refractivity contribution in [1.82, 2.24) is 0 Å². The molecular weight excluding hydrogens is 196 g/mol. The van der Waals surface area contributed by atoms with E-state index in [1.54, 1.807) is 18.2 Å². The van der Waals surface area contributed by atoms with Crippen LogP contribution in [0.3, 0.4) is 0 Å². The highest BCUT2D eigenvalue weighted by atomic mass is 16.2. The molecule has 0 aliphatic rings. The number of aliphatic hydroxyl groups is 1. The standard InChI is InChI=1S/C15H20O/c1-2-3-4-5-6-7-8-9-10-11-12-13-14-15-16/h7-8,13-14,16H,2-4,11-12,15H2,1H3/b8-7+,14-13+. The van der Waals surface area contributed by atoms with E-state index in [1.165, 1.54) is 12.8 Å². The minimum Gasteiger partial charge on any atom is -0.392 e. The lowest BCUT2D eigenvalue weighted by Gasteiger charge is -1.81. The van der Waals surface area contributed by atoms with Gasteiger partial charge in [-0.1, -0.05) is 49.2 Å². The summed E-state index contributed by atoms with van der Waals surface area (Å²) in [6, 6.07) is 0. The smallest absolute Gasteiger partial charge is 0.0612 e. The third-order valence-electron chi connectivity index (χ3n) is 1.82. The van der Waals surface area contributed by atoms with Crippen molar-refractivity contribution in [3.8, 4) is 23.7 Å². The van der Waals surface area contributed by atoms with Crippen LogP contribution in [0.2, 0.25) is 0 Å². The zero-order valence-electron chi connectivity index (χ0n) is 10.00. The van der Waals surface area contributed by atoms with E-state index in [2.05, 4.69) is 30.6 Å². The quantitative estimate of drug-likeness (QED) is 0.425. The zero-order valence-corrected chi connectivity index (χ0v) is 10.00. The highest BCUT2D eigenvalue weighted by Gasteiger charge is 1.74. The summed E-state index contributed by atoms with van der Waals surface area (Å²) in [5, 5.41) is 8.48. The molecule has 16 heavy (non-hydrogen) atoms. The fraction of sp³-hybridized carbons (Fsp3) is 0.467. The summed E-state index contributed by atoms with van der Waals surface area (Å²) in [5.74, 6) is 11.9. The first-order valence-corrected chi connectivity index (χ1v) is 5.79. The minimum atomic E-state index is 0.112. The third-order valence-corrected chi connectivity index (χ3v) is 1.82. The molecule has 0 radical (unpaired) electrons. The van der Waals surface area contributed by atoms with Gasteiger partial charge in [-0.3, -0.25) is 0 Å². The summed E-state index contributed by atoms with van der Waals surface area (Å²) < 4.78 is 0. The maximum absolute atomic E-state index is 8.48. The van der Waals surface area contributed by atoms with Crippen molar-refractivity contribution in [1.29, 1.82) is 0 Å². The SMILES string of the molecule is CCCCC#C/C=C/C#CCC/C=C/CO. The van der Waals surface area contributed by atoms with Crippen LogP contribution < -0.4 is 0 Å². The Hall–Kier alpha value is -1.44. The normalized spacial score (nSPS) is 9.88. The number of unbranched alkanes of at least 4 members (excludes halogenated alkanes) is 3. The van der Waals surface area contributed by atoms with E-state index < -0.39 is 0 Å². The fourth-order valence-electron chi connectivity index (χ4n) is 0.959. The van der Waals surface area contributed by atoms with Gasteiger partial charge >= 0.3 is 0 Å². The first-order valence-electron chi connectivity index (χ1n) is 5.79. The number of aliphatic hydroxyl groups excluding tert-OH is 1. The first kappa shape index (κ1) is 14.6. The van der Waals surface area contributed by atoms with Crippen molar-refractivity contribution in [2.75, 3.05) is 6.61 Å². The molecular formula is C15H20O. The Kier molecular flexibility index (Phi) is 12.3. The van der Waals surface area contributed by atoms with E-state index in [0.717, 1.165) is 19.3 Å². The van der Waals surface area contributed by atoms with E-state index in [4.69, 9.17) is 5.11 Å². The molecule has 0 spiro atoms. The molecule has 0 aliphatic carbocycles. The minimum absolute atomic E-state index is 0.112. The molecule has 0 aromatic carbocycles. The molecule has 0 atom stereocenters. The molecule has 0 fully saturated rings. The number of hydrogen-bond donors (Lipinski definition) is 1. The van der Waals surface area contributed by atoms with Gasteiger partial charge in [0.15, 0.2) is 0 Å². The van der Waals surface area contributed by atoms with Crippen LogP contribution in [0.1, 0.15) is 39.0 Å². The van der Waals surface area contributed by atoms with E-state index in [-0.39, 0.29) is 6.61 Å². The highest BCUT2D eigenvalue weighted by molar-refractivity contribution is 5.24. The number of hydrogen-bond acceptors (Lipinski definition) is 1. The zero-order chi connectivity index (χ0) is 11.9. The molecule has 1 heteroatoms. The van der Waals surface area contributed by atoms with Gasteiger partial charge in [0.2, 0.25) is 0 Å². The van der Waals surface area contributed by atoms with Crippen LogP contribution in [0.15, 0.2) is 24.3 Å². The number of rotatable bonds is 5. The average Bonchev–Trinajstić information content (AvgIpc) is 2.31. The molecule has 0 rings (SSSR count). The number of allylic oxidation sites excluding steroid dienone is 3. The van der Waals surface area contributed by atoms with Crippen molar-refractivity contribution < 1.29 is 5.11 Å². The van der Waals surface area contributed by atoms with Gasteiger partial charge in [0.25, 0.3) is 0 Å². The van der Waals surface area contributed by atoms with Crippen molar-refractivity contribution in [3.05, 3.63) is 24.3 Å². The summed E-state index contributed by atoms with van der Waals surface area (Å²) in [6.45, 7) is 2.27. The lowest BCUT2D eigenvalue weighted by molar-refractivity contribution is 0.342. The van der Waals surface area contributed by atoms with E-state index >= 15 is 0 Å². The van der Waals surface area contributed by atoms with Gasteiger partial charge in [0.05, 0.1) is 6.61 Å². The van der Waals surface area contributed by atoms with Gasteiger partial charge in [-0.2, -0.15) is 0 Å². The molecule has 0 aromatic heterocycles. The second kappa shape index (κ2) is 13.6. The predicted octanol–water partition coefficient (Wildman–Crippen LogP) is 3.07. The van der Waals surface area contributed by atoms with Gasteiger partial charge in [-0.25, -0.2) is 0 Å². The maximum atomic E-state index is 8.48. The summed E-state index contributed by atoms with van der Waals surface area (Å²) in [5.41, 5.74) is 0. The monoisotopic (exact) mass is 216 g/mol. The first-order chi connectivity index (χ1) is 7.91. The second-order valence-electron chi connectivity index (χ2n) is 3.27. The Bertz CT molecular complexity index is 315. The summed E-state index contributed by atoms with van der Waals surface area (Å²) in [4.78, 5) is 0. The van der Waals surface area contributed by atoms with Gasteiger partial charge in [0.1, 0.15) is 0 Å². The molecule has 0 unspecified atom stereocenters. The Morgan fingerprint density at radius 2 is 1.69 bits per heavy atom. The van der Waals surface area contributed by atoms with Crippen LogP contribution in [0.25, 0.3) is 0 Å². The largest absolute Gasteiger partial charge is 0.392 e. The van der Waals surface area contributed by atoms with Gasteiger partial charge in [-0.15, -0.1) is 0 Å². The van der Waals surface area contributed by atoms with Crippen LogP contribution in [-0.4, -0.2) is 11.7 Å². The van der Waals surface area contributed by atoms with Crippen LogP contribution in [0.4, 0.5) is 0 Å². The Labute approximate surface area is 99.3 Å². The summed E-state index contributed by atoms with van der Waals surface area (Å²) in [6.07, 6.45) is 12.3. The van der Waals surface area contributed by atoms with Gasteiger partial charge < -0.3 is 5.11 Å². The van der Waals surface area contributed by atoms with E-state index in [9.17, 15) is 0 Å². The molecule has 0 bridgehead atoms. The van der Waals surface area contributed by atoms with Crippen molar-refractivity contribution >= 4 is 0 Å². The topological polar surface area (TPSA) is 20.2 Å². The summed E-state index contributed by atoms with van der Waals surface area (Å²) >= 11 is 0. The molecule has 1 nitrogen and oxygen atoms in total. The molecule has 0 saturated heterocycles. The van der Waals surface area contributed by atoms with Gasteiger partial charge in [0, 0.05) is 12.8 Å². The van der Waals surface area contributed by atoms with Crippen LogP contribution in [0, 0.1) is 23.7 Å². The van der Waals surface area contributed by atoms with Crippen molar-refractivity contribution in [2.45, 2.75) is 39.0 Å². The summed E-state index contributed by atoms with van der Waals surface area (Å²) in [7, 11) is 0. The Balaban J connectivity index is 3.53. The van der Waals surface area contributed by atoms with Crippen molar-refractivity contribution in [2.24, 2.45) is 0 Å². The molecule has 1 N–H and O–H groups in total. The third kappa shape index (κ3) is 12.6. The molecule has 0 aromatic rings. The van der Waals surface area contributed by atoms with Crippen LogP contribution in [0.5, 0.6) is 0 Å². The molecule has 0 heterocycles. The molecule has 0 saturated carbocycles. The fourth-order valence-corrected chi connectivity index (χ4v) is 0.959. The van der Waals surface area contributed by atoms with Crippen molar-refractivity contribution in [3.63, 3.8) is 0 Å². The molecule has 86 valence electrons. The molecule has 0 amide bonds. The predicted molar refractivity (Wildman–Crippen MR) is 69.7 cm³/mol. The van der Waals surface area contributed by atoms with Gasteiger partial charge in [-0.05, 0) is 25.0 Å². The second-order valence-corrected chi connectivity index (χ2v) is 3.27. The average molecular weight is 216 g/mol. The van der Waals surface area contributed by atoms with Crippen LogP contribution >= 0.6 is 0 Å². The maximum Gasteiger partial charge on any atom is 0.0612 e. The molecule has 0 aliphatic heterocycles. The Morgan fingerprint density at radius 1 is 1.00 bits per heavy atom. The Morgan fingerprint density at radius 3 is 2.31 bits per heavy atom.